The molecule has 180 valence electrons. The number of ether oxygens (including phenoxy) is 1. The summed E-state index contributed by atoms with van der Waals surface area (Å²) in [6.07, 6.45) is 0.416. The van der Waals surface area contributed by atoms with E-state index in [0.717, 1.165) is 15.7 Å². The molecule has 1 aliphatic rings. The molecular weight excluding hydrogens is 502 g/mol. The van der Waals surface area contributed by atoms with Gasteiger partial charge in [-0.3, -0.25) is 4.79 Å². The topological polar surface area (TPSA) is 110 Å². The number of nitrogens with zero attached hydrogens (tertiary/aromatic N) is 2. The van der Waals surface area contributed by atoms with Gasteiger partial charge in [0.1, 0.15) is 17.5 Å². The molecule has 2 amide bonds. The number of hydrogen-bond acceptors (Lipinski definition) is 5. The molecule has 1 aliphatic heterocycles. The quantitative estimate of drug-likeness (QED) is 0.547. The zero-order valence-electron chi connectivity index (χ0n) is 18.5. The highest BCUT2D eigenvalue weighted by Gasteiger charge is 2.46. The molecule has 11 heteroatoms. The second kappa shape index (κ2) is 10.2. The highest BCUT2D eigenvalue weighted by Crippen LogP contribution is 2.38. The van der Waals surface area contributed by atoms with Crippen LogP contribution in [-0.2, 0) is 9.53 Å². The van der Waals surface area contributed by atoms with Crippen LogP contribution < -0.4 is 10.4 Å². The number of carboxylic acid groups (broad SMARTS) is 1. The van der Waals surface area contributed by atoms with E-state index >= 15 is 0 Å². The van der Waals surface area contributed by atoms with Crippen molar-refractivity contribution in [2.75, 3.05) is 13.2 Å². The normalized spacial score (nSPS) is 20.3. The molecule has 1 saturated heterocycles. The summed E-state index contributed by atoms with van der Waals surface area (Å²) in [7, 11) is 0. The van der Waals surface area contributed by atoms with E-state index in [1.807, 2.05) is 24.3 Å². The van der Waals surface area contributed by atoms with E-state index in [1.54, 1.807) is 20.0 Å². The van der Waals surface area contributed by atoms with Crippen LogP contribution in [-0.4, -0.2) is 52.2 Å². The highest BCUT2D eigenvalue weighted by molar-refractivity contribution is 9.10. The van der Waals surface area contributed by atoms with Gasteiger partial charge in [0.05, 0.1) is 24.5 Å². The van der Waals surface area contributed by atoms with Gasteiger partial charge >= 0.3 is 6.61 Å². The number of halogens is 3. The Kier molecular flexibility index (Phi) is 7.73. The van der Waals surface area contributed by atoms with Crippen molar-refractivity contribution < 1.29 is 28.2 Å². The predicted octanol–water partition coefficient (Wildman–Crippen LogP) is 3.32. The number of benzene rings is 1. The van der Waals surface area contributed by atoms with Crippen molar-refractivity contribution in [1.29, 1.82) is 0 Å². The fourth-order valence-electron chi connectivity index (χ4n) is 3.97. The SMILES string of the molecule is CC(C)C(C)(NC(=O)[O-])C(=O)N1CC(COC(F)F)CC1c1ncc(-c2ccc(Br)cc2)[nH]1. The second-order valence-corrected chi connectivity index (χ2v) is 9.54. The van der Waals surface area contributed by atoms with Crippen LogP contribution in [0.15, 0.2) is 34.9 Å². The summed E-state index contributed by atoms with van der Waals surface area (Å²) in [5, 5.41) is 13.5. The molecule has 0 aliphatic carbocycles. The summed E-state index contributed by atoms with van der Waals surface area (Å²) in [5.74, 6) is -0.753. The predicted molar refractivity (Wildman–Crippen MR) is 118 cm³/mol. The number of amides is 2. The van der Waals surface area contributed by atoms with Crippen molar-refractivity contribution in [3.8, 4) is 11.3 Å². The van der Waals surface area contributed by atoms with Gasteiger partial charge in [-0.1, -0.05) is 41.9 Å². The molecule has 3 atom stereocenters. The first kappa shape index (κ1) is 25.1. The van der Waals surface area contributed by atoms with Crippen molar-refractivity contribution >= 4 is 27.9 Å². The van der Waals surface area contributed by atoms with E-state index in [2.05, 4.69) is 36.0 Å². The third kappa shape index (κ3) is 5.70. The van der Waals surface area contributed by atoms with E-state index in [1.165, 1.54) is 11.8 Å². The molecule has 8 nitrogen and oxygen atoms in total. The van der Waals surface area contributed by atoms with Crippen molar-refractivity contribution in [2.24, 2.45) is 11.8 Å². The summed E-state index contributed by atoms with van der Waals surface area (Å²) in [6.45, 7) is 1.91. The Labute approximate surface area is 198 Å². The molecule has 1 fully saturated rings. The molecular formula is C22H26BrF2N4O4-. The van der Waals surface area contributed by atoms with E-state index in [4.69, 9.17) is 0 Å². The van der Waals surface area contributed by atoms with Gasteiger partial charge in [-0.05, 0) is 37.0 Å². The van der Waals surface area contributed by atoms with Gasteiger partial charge < -0.3 is 29.8 Å². The van der Waals surface area contributed by atoms with E-state index in [0.29, 0.717) is 12.2 Å². The summed E-state index contributed by atoms with van der Waals surface area (Å²) in [4.78, 5) is 34.0. The Balaban J connectivity index is 1.92. The van der Waals surface area contributed by atoms with E-state index in [9.17, 15) is 23.5 Å². The van der Waals surface area contributed by atoms with Crippen LogP contribution in [0.1, 0.15) is 39.1 Å². The van der Waals surface area contributed by atoms with Crippen LogP contribution in [0.3, 0.4) is 0 Å². The lowest BCUT2D eigenvalue weighted by Gasteiger charge is -2.39. The Hall–Kier alpha value is -2.53. The maximum Gasteiger partial charge on any atom is 0.345 e. The van der Waals surface area contributed by atoms with Crippen molar-refractivity contribution in [3.05, 3.63) is 40.8 Å². The molecule has 3 rings (SSSR count). The molecule has 0 bridgehead atoms. The lowest BCUT2D eigenvalue weighted by Crippen LogP contribution is -2.63. The Morgan fingerprint density at radius 2 is 2.03 bits per heavy atom. The Morgan fingerprint density at radius 1 is 1.36 bits per heavy atom. The van der Waals surface area contributed by atoms with Crippen LogP contribution in [0.4, 0.5) is 13.6 Å². The van der Waals surface area contributed by atoms with E-state index in [-0.39, 0.29) is 19.1 Å². The first-order valence-electron chi connectivity index (χ1n) is 10.5. The summed E-state index contributed by atoms with van der Waals surface area (Å²) in [6, 6.07) is 7.02. The number of rotatable bonds is 8. The molecule has 1 aromatic carbocycles. The molecule has 2 N–H and O–H groups in total. The molecule has 1 aromatic heterocycles. The number of H-pyrrole nitrogens is 1. The van der Waals surface area contributed by atoms with Gasteiger partial charge in [0.15, 0.2) is 0 Å². The number of hydrogen-bond donors (Lipinski definition) is 2. The third-order valence-corrected chi connectivity index (χ3v) is 6.66. The lowest BCUT2D eigenvalue weighted by atomic mass is 9.86. The number of carbonyl (C=O) groups is 2. The van der Waals surface area contributed by atoms with Crippen LogP contribution in [0.25, 0.3) is 11.3 Å². The minimum absolute atomic E-state index is 0.127. The van der Waals surface area contributed by atoms with Gasteiger partial charge in [0.2, 0.25) is 5.91 Å². The molecule has 0 spiro atoms. The average Bonchev–Trinajstić information content (AvgIpc) is 3.38. The van der Waals surface area contributed by atoms with Gasteiger partial charge in [-0.25, -0.2) is 4.98 Å². The fourth-order valence-corrected chi connectivity index (χ4v) is 4.24. The van der Waals surface area contributed by atoms with Gasteiger partial charge in [-0.15, -0.1) is 0 Å². The van der Waals surface area contributed by atoms with Crippen molar-refractivity contribution in [3.63, 3.8) is 0 Å². The number of nitrogens with one attached hydrogen (secondary N) is 2. The minimum atomic E-state index is -2.92. The van der Waals surface area contributed by atoms with Gasteiger partial charge in [0, 0.05) is 16.9 Å². The fraction of sp³-hybridized carbons (Fsp3) is 0.500. The number of aromatic nitrogens is 2. The molecule has 0 radical (unpaired) electrons. The van der Waals surface area contributed by atoms with Gasteiger partial charge in [0.25, 0.3) is 0 Å². The zero-order chi connectivity index (χ0) is 24.3. The number of likely N-dealkylation sites (tertiary alicyclic amines) is 1. The monoisotopic (exact) mass is 527 g/mol. The largest absolute Gasteiger partial charge is 0.530 e. The number of imidazole rings is 1. The maximum atomic E-state index is 13.6. The molecule has 3 unspecified atom stereocenters. The van der Waals surface area contributed by atoms with Crippen LogP contribution in [0.2, 0.25) is 0 Å². The van der Waals surface area contributed by atoms with Gasteiger partial charge in [-0.2, -0.15) is 8.78 Å². The van der Waals surface area contributed by atoms with Crippen LogP contribution in [0.5, 0.6) is 0 Å². The first-order chi connectivity index (χ1) is 15.5. The molecule has 0 saturated carbocycles. The third-order valence-electron chi connectivity index (χ3n) is 6.13. The summed E-state index contributed by atoms with van der Waals surface area (Å²) in [5.41, 5.74) is 0.157. The number of carbonyl (C=O) groups excluding carboxylic acids is 2. The summed E-state index contributed by atoms with van der Waals surface area (Å²) < 4.78 is 30.7. The Morgan fingerprint density at radius 3 is 2.61 bits per heavy atom. The molecule has 2 aromatic rings. The van der Waals surface area contributed by atoms with Crippen LogP contribution >= 0.6 is 15.9 Å². The molecule has 33 heavy (non-hydrogen) atoms. The Bertz CT molecular complexity index is 985. The zero-order valence-corrected chi connectivity index (χ0v) is 20.1. The number of aromatic amines is 1. The first-order valence-corrected chi connectivity index (χ1v) is 11.3. The van der Waals surface area contributed by atoms with E-state index < -0.39 is 36.1 Å². The standard InChI is InChI=1S/C22H27BrF2N4O4/c1-12(2)22(3,28-21(31)32)19(30)29-10-13(11-33-20(24)25)8-17(29)18-26-9-16(27-18)14-4-6-15(23)7-5-14/h4-7,9,12-13,17,20,28H,8,10-11H2,1-3H3,(H,26,27)(H,31,32)/p-1. The summed E-state index contributed by atoms with van der Waals surface area (Å²) >= 11 is 3.39. The second-order valence-electron chi connectivity index (χ2n) is 8.63. The maximum absolute atomic E-state index is 13.6. The minimum Gasteiger partial charge on any atom is -0.530 e. The van der Waals surface area contributed by atoms with Crippen molar-refractivity contribution in [1.82, 2.24) is 20.2 Å². The average molecular weight is 528 g/mol. The highest BCUT2D eigenvalue weighted by atomic mass is 79.9. The number of alkyl halides is 2. The molecule has 2 heterocycles. The van der Waals surface area contributed by atoms with Crippen LogP contribution in [0, 0.1) is 11.8 Å². The smallest absolute Gasteiger partial charge is 0.345 e. The van der Waals surface area contributed by atoms with Crippen molar-refractivity contribution in [2.45, 2.75) is 45.4 Å². The lowest BCUT2D eigenvalue weighted by molar-refractivity contribution is -0.253.